The molecule has 2 aromatic rings. The molecule has 0 saturated heterocycles. The van der Waals surface area contributed by atoms with E-state index in [2.05, 4.69) is 49.8 Å². The van der Waals surface area contributed by atoms with E-state index in [-0.39, 0.29) is 10.9 Å². The van der Waals surface area contributed by atoms with Crippen molar-refractivity contribution >= 4 is 24.2 Å². The Balaban J connectivity index is 2.11. The highest BCUT2D eigenvalue weighted by molar-refractivity contribution is 9.10. The molecule has 0 radical (unpaired) electrons. The summed E-state index contributed by atoms with van der Waals surface area (Å²) >= 11 is 3.28. The molecule has 0 unspecified atom stereocenters. The molecule has 23 heavy (non-hydrogen) atoms. The van der Waals surface area contributed by atoms with Crippen LogP contribution in [0.2, 0.25) is 18.1 Å². The molecule has 0 amide bonds. The first-order valence-electron chi connectivity index (χ1n) is 7.78. The highest BCUT2D eigenvalue weighted by atomic mass is 79.9. The zero-order valence-corrected chi connectivity index (χ0v) is 17.0. The summed E-state index contributed by atoms with van der Waals surface area (Å²) in [4.78, 5) is 0. The van der Waals surface area contributed by atoms with Crippen LogP contribution in [0, 0.1) is 5.82 Å². The molecule has 1 nitrogen and oxygen atoms in total. The molecule has 0 bridgehead atoms. The average Bonchev–Trinajstić information content (AvgIpc) is 2.45. The van der Waals surface area contributed by atoms with Crippen molar-refractivity contribution in [3.8, 4) is 11.1 Å². The molecule has 0 fully saturated rings. The lowest BCUT2D eigenvalue weighted by Gasteiger charge is -2.36. The van der Waals surface area contributed by atoms with Gasteiger partial charge in [0.15, 0.2) is 8.32 Å². The van der Waals surface area contributed by atoms with Crippen LogP contribution in [0.1, 0.15) is 26.3 Å². The second kappa shape index (κ2) is 6.87. The van der Waals surface area contributed by atoms with Crippen LogP contribution < -0.4 is 0 Å². The Morgan fingerprint density at radius 2 is 1.65 bits per heavy atom. The predicted molar refractivity (Wildman–Crippen MR) is 102 cm³/mol. The SMILES string of the molecule is CC(C)(C)[Si](C)(C)OCc1ccc(-c2ccc(Br)cc2F)cc1. The van der Waals surface area contributed by atoms with Crippen LogP contribution in [-0.2, 0) is 11.0 Å². The maximum Gasteiger partial charge on any atom is 0.192 e. The largest absolute Gasteiger partial charge is 0.413 e. The number of hydrogen-bond acceptors (Lipinski definition) is 1. The Morgan fingerprint density at radius 1 is 1.04 bits per heavy atom. The fourth-order valence-corrected chi connectivity index (χ4v) is 3.28. The first-order valence-corrected chi connectivity index (χ1v) is 11.5. The minimum Gasteiger partial charge on any atom is -0.413 e. The van der Waals surface area contributed by atoms with Crippen LogP contribution in [0.15, 0.2) is 46.9 Å². The molecule has 0 spiro atoms. The lowest BCUT2D eigenvalue weighted by Crippen LogP contribution is -2.40. The van der Waals surface area contributed by atoms with E-state index in [4.69, 9.17) is 4.43 Å². The molecule has 4 heteroatoms. The summed E-state index contributed by atoms with van der Waals surface area (Å²) in [6, 6.07) is 13.1. The Kier molecular flexibility index (Phi) is 5.49. The Hall–Kier alpha value is -0.973. The van der Waals surface area contributed by atoms with E-state index >= 15 is 0 Å². The van der Waals surface area contributed by atoms with Crippen LogP contribution in [-0.4, -0.2) is 8.32 Å². The van der Waals surface area contributed by atoms with Crippen LogP contribution >= 0.6 is 15.9 Å². The summed E-state index contributed by atoms with van der Waals surface area (Å²) in [5, 5.41) is 0.202. The van der Waals surface area contributed by atoms with Crippen molar-refractivity contribution in [1.82, 2.24) is 0 Å². The highest BCUT2D eigenvalue weighted by Crippen LogP contribution is 2.37. The van der Waals surface area contributed by atoms with Gasteiger partial charge >= 0.3 is 0 Å². The second-order valence-corrected chi connectivity index (χ2v) is 13.1. The van der Waals surface area contributed by atoms with Gasteiger partial charge in [-0.15, -0.1) is 0 Å². The van der Waals surface area contributed by atoms with E-state index in [1.807, 2.05) is 30.3 Å². The van der Waals surface area contributed by atoms with Gasteiger partial charge in [-0.05, 0) is 41.4 Å². The van der Waals surface area contributed by atoms with Gasteiger partial charge in [-0.2, -0.15) is 0 Å². The van der Waals surface area contributed by atoms with E-state index in [1.54, 1.807) is 6.07 Å². The van der Waals surface area contributed by atoms with Crippen molar-refractivity contribution < 1.29 is 8.82 Å². The number of rotatable bonds is 4. The van der Waals surface area contributed by atoms with Gasteiger partial charge in [0, 0.05) is 10.0 Å². The molecule has 0 aromatic heterocycles. The van der Waals surface area contributed by atoms with Gasteiger partial charge in [0.05, 0.1) is 6.61 Å². The van der Waals surface area contributed by atoms with Crippen LogP contribution in [0.4, 0.5) is 4.39 Å². The smallest absolute Gasteiger partial charge is 0.192 e. The monoisotopic (exact) mass is 394 g/mol. The number of benzene rings is 2. The summed E-state index contributed by atoms with van der Waals surface area (Å²) in [6.45, 7) is 11.8. The second-order valence-electron chi connectivity index (χ2n) is 7.37. The van der Waals surface area contributed by atoms with E-state index < -0.39 is 8.32 Å². The topological polar surface area (TPSA) is 9.23 Å². The molecule has 0 aliphatic carbocycles. The van der Waals surface area contributed by atoms with E-state index in [9.17, 15) is 4.39 Å². The lowest BCUT2D eigenvalue weighted by molar-refractivity contribution is 0.276. The standard InChI is InChI=1S/C19H24BrFOSi/c1-19(2,3)23(4,5)22-13-14-6-8-15(9-7-14)17-11-10-16(20)12-18(17)21/h6-12H,13H2,1-5H3. The molecule has 2 rings (SSSR count). The first-order chi connectivity index (χ1) is 10.6. The quantitative estimate of drug-likeness (QED) is 0.519. The van der Waals surface area contributed by atoms with Crippen molar-refractivity contribution in [2.75, 3.05) is 0 Å². The molecular formula is C19H24BrFOSi. The van der Waals surface area contributed by atoms with Crippen molar-refractivity contribution in [2.45, 2.75) is 45.5 Å². The predicted octanol–water partition coefficient (Wildman–Crippen LogP) is 6.78. The fraction of sp³-hybridized carbons (Fsp3) is 0.368. The highest BCUT2D eigenvalue weighted by Gasteiger charge is 2.36. The van der Waals surface area contributed by atoms with Gasteiger partial charge in [0.25, 0.3) is 0 Å². The normalized spacial score (nSPS) is 12.5. The number of halogens is 2. The minimum atomic E-state index is -1.75. The van der Waals surface area contributed by atoms with Crippen molar-refractivity contribution in [2.24, 2.45) is 0 Å². The third-order valence-corrected chi connectivity index (χ3v) is 9.57. The molecule has 0 atom stereocenters. The van der Waals surface area contributed by atoms with E-state index in [0.29, 0.717) is 12.2 Å². The molecule has 0 aliphatic rings. The van der Waals surface area contributed by atoms with Gasteiger partial charge < -0.3 is 4.43 Å². The first kappa shape index (κ1) is 18.4. The van der Waals surface area contributed by atoms with E-state index in [1.165, 1.54) is 6.07 Å². The number of hydrogen-bond donors (Lipinski definition) is 0. The molecule has 0 aliphatic heterocycles. The van der Waals surface area contributed by atoms with Gasteiger partial charge in [0.2, 0.25) is 0 Å². The Bertz CT molecular complexity index is 675. The third-order valence-electron chi connectivity index (χ3n) is 4.60. The van der Waals surface area contributed by atoms with Crippen molar-refractivity contribution in [3.63, 3.8) is 0 Å². The molecule has 124 valence electrons. The molecular weight excluding hydrogens is 371 g/mol. The molecule has 2 aromatic carbocycles. The lowest BCUT2D eigenvalue weighted by atomic mass is 10.0. The summed E-state index contributed by atoms with van der Waals surface area (Å²) in [7, 11) is -1.75. The molecule has 0 N–H and O–H groups in total. The summed E-state index contributed by atoms with van der Waals surface area (Å²) in [5.41, 5.74) is 2.62. The summed E-state index contributed by atoms with van der Waals surface area (Å²) < 4.78 is 21.0. The van der Waals surface area contributed by atoms with Crippen molar-refractivity contribution in [3.05, 3.63) is 58.3 Å². The van der Waals surface area contributed by atoms with Crippen molar-refractivity contribution in [1.29, 1.82) is 0 Å². The molecule has 0 saturated carbocycles. The van der Waals surface area contributed by atoms with Crippen LogP contribution in [0.3, 0.4) is 0 Å². The third kappa shape index (κ3) is 4.52. The van der Waals surface area contributed by atoms with Gasteiger partial charge in [-0.1, -0.05) is 67.0 Å². The fourth-order valence-electron chi connectivity index (χ4n) is 1.98. The summed E-state index contributed by atoms with van der Waals surface area (Å²) in [5.74, 6) is -0.218. The summed E-state index contributed by atoms with van der Waals surface area (Å²) in [6.07, 6.45) is 0. The minimum absolute atomic E-state index is 0.202. The maximum absolute atomic E-state index is 14.0. The zero-order valence-electron chi connectivity index (χ0n) is 14.4. The molecule has 0 heterocycles. The van der Waals surface area contributed by atoms with Gasteiger partial charge in [-0.25, -0.2) is 4.39 Å². The van der Waals surface area contributed by atoms with Crippen LogP contribution in [0.5, 0.6) is 0 Å². The Morgan fingerprint density at radius 3 is 2.17 bits per heavy atom. The van der Waals surface area contributed by atoms with Gasteiger partial charge in [-0.3, -0.25) is 0 Å². The maximum atomic E-state index is 14.0. The zero-order chi connectivity index (χ0) is 17.3. The Labute approximate surface area is 148 Å². The average molecular weight is 395 g/mol. The van der Waals surface area contributed by atoms with E-state index in [0.717, 1.165) is 15.6 Å². The van der Waals surface area contributed by atoms with Crippen LogP contribution in [0.25, 0.3) is 11.1 Å². The van der Waals surface area contributed by atoms with Gasteiger partial charge in [0.1, 0.15) is 5.82 Å².